The van der Waals surface area contributed by atoms with Gasteiger partial charge in [0.05, 0.1) is 18.1 Å². The highest BCUT2D eigenvalue weighted by molar-refractivity contribution is 9.10. The van der Waals surface area contributed by atoms with Gasteiger partial charge in [-0.3, -0.25) is 14.4 Å². The Morgan fingerprint density at radius 2 is 1.79 bits per heavy atom. The van der Waals surface area contributed by atoms with Gasteiger partial charge in [-0.1, -0.05) is 22.9 Å². The van der Waals surface area contributed by atoms with Crippen molar-refractivity contribution in [2.24, 2.45) is 5.92 Å². The molecule has 0 saturated carbocycles. The van der Waals surface area contributed by atoms with Gasteiger partial charge >= 0.3 is 11.9 Å². The van der Waals surface area contributed by atoms with Crippen molar-refractivity contribution in [1.82, 2.24) is 0 Å². The van der Waals surface area contributed by atoms with Gasteiger partial charge < -0.3 is 19.7 Å². The van der Waals surface area contributed by atoms with E-state index in [0.29, 0.717) is 23.5 Å². The number of anilines is 2. The summed E-state index contributed by atoms with van der Waals surface area (Å²) in [7, 11) is 0. The minimum absolute atomic E-state index is 0.00817. The molecule has 0 spiro atoms. The normalized spacial score (nSPS) is 15.2. The maximum atomic E-state index is 12.5. The second kappa shape index (κ2) is 11.3. The number of nitrogens with one attached hydrogen (secondary N) is 1. The summed E-state index contributed by atoms with van der Waals surface area (Å²) in [6.45, 7) is 5.73. The fraction of sp³-hybridized carbons (Fsp3) is 0.360. The predicted octanol–water partition coefficient (Wildman–Crippen LogP) is 4.17. The molecule has 34 heavy (non-hydrogen) atoms. The number of hydrogen-bond donors (Lipinski definition) is 1. The molecule has 2 aromatic carbocycles. The molecule has 1 fully saturated rings. The van der Waals surface area contributed by atoms with Crippen molar-refractivity contribution in [2.45, 2.75) is 33.6 Å². The first-order chi connectivity index (χ1) is 16.2. The molecule has 1 aliphatic rings. The van der Waals surface area contributed by atoms with Gasteiger partial charge in [-0.15, -0.1) is 0 Å². The number of carbonyl (C=O) groups excluding carboxylic acids is 4. The van der Waals surface area contributed by atoms with Gasteiger partial charge in [0.1, 0.15) is 0 Å². The first kappa shape index (κ1) is 25.4. The van der Waals surface area contributed by atoms with Gasteiger partial charge in [0, 0.05) is 28.8 Å². The standard InChI is InChI=1S/C25H27BrN2O6/c1-4-9-33-24(31)17-5-7-19(8-6-17)28-13-18(12-23(28)30)25(32)34-14-22(29)27-21-11-15(2)20(26)10-16(21)3/h5-8,10-11,18H,4,9,12-14H2,1-3H3,(H,27,29)/t18-/m0/s1. The number of esters is 2. The Labute approximate surface area is 206 Å². The lowest BCUT2D eigenvalue weighted by atomic mass is 10.1. The topological polar surface area (TPSA) is 102 Å². The smallest absolute Gasteiger partial charge is 0.338 e. The first-order valence-corrected chi connectivity index (χ1v) is 11.8. The van der Waals surface area contributed by atoms with Gasteiger partial charge in [0.2, 0.25) is 5.91 Å². The van der Waals surface area contributed by atoms with Crippen molar-refractivity contribution in [1.29, 1.82) is 0 Å². The lowest BCUT2D eigenvalue weighted by Gasteiger charge is -2.17. The maximum absolute atomic E-state index is 12.5. The highest BCUT2D eigenvalue weighted by atomic mass is 79.9. The Morgan fingerprint density at radius 1 is 1.09 bits per heavy atom. The van der Waals surface area contributed by atoms with Crippen LogP contribution in [0.3, 0.4) is 0 Å². The Balaban J connectivity index is 1.53. The summed E-state index contributed by atoms with van der Waals surface area (Å²) in [6.07, 6.45) is 0.723. The molecule has 180 valence electrons. The molecule has 0 unspecified atom stereocenters. The SMILES string of the molecule is CCCOC(=O)c1ccc(N2C[C@@H](C(=O)OCC(=O)Nc3cc(C)c(Br)cc3C)CC2=O)cc1. The van der Waals surface area contributed by atoms with Crippen molar-refractivity contribution >= 4 is 51.1 Å². The van der Waals surface area contributed by atoms with Crippen LogP contribution in [0.4, 0.5) is 11.4 Å². The molecular formula is C25H27BrN2O6. The van der Waals surface area contributed by atoms with E-state index in [9.17, 15) is 19.2 Å². The average molecular weight is 531 g/mol. The molecule has 2 aromatic rings. The fourth-order valence-corrected chi connectivity index (χ4v) is 3.98. The summed E-state index contributed by atoms with van der Waals surface area (Å²) >= 11 is 3.44. The number of aryl methyl sites for hydroxylation is 2. The zero-order chi connectivity index (χ0) is 24.8. The van der Waals surface area contributed by atoms with Gasteiger partial charge in [-0.25, -0.2) is 4.79 Å². The number of hydrogen-bond acceptors (Lipinski definition) is 6. The molecule has 3 rings (SSSR count). The summed E-state index contributed by atoms with van der Waals surface area (Å²) in [5.41, 5.74) is 3.45. The largest absolute Gasteiger partial charge is 0.462 e. The Bertz CT molecular complexity index is 1100. The lowest BCUT2D eigenvalue weighted by Crippen LogP contribution is -2.28. The third kappa shape index (κ3) is 6.22. The van der Waals surface area contributed by atoms with Crippen LogP contribution < -0.4 is 10.2 Å². The number of carbonyl (C=O) groups is 4. The molecule has 9 heteroatoms. The monoisotopic (exact) mass is 530 g/mol. The van der Waals surface area contributed by atoms with Crippen molar-refractivity contribution in [3.63, 3.8) is 0 Å². The molecule has 1 heterocycles. The Kier molecular flexibility index (Phi) is 8.44. The third-order valence-electron chi connectivity index (χ3n) is 5.44. The fourth-order valence-electron chi connectivity index (χ4n) is 3.53. The van der Waals surface area contributed by atoms with E-state index < -0.39 is 30.4 Å². The molecule has 0 aromatic heterocycles. The highest BCUT2D eigenvalue weighted by Crippen LogP contribution is 2.27. The van der Waals surface area contributed by atoms with Crippen molar-refractivity contribution in [3.8, 4) is 0 Å². The molecule has 2 amide bonds. The van der Waals surface area contributed by atoms with Crippen LogP contribution in [-0.2, 0) is 23.9 Å². The average Bonchev–Trinajstić information content (AvgIpc) is 3.21. The van der Waals surface area contributed by atoms with Crippen LogP contribution in [0.1, 0.15) is 41.3 Å². The van der Waals surface area contributed by atoms with E-state index in [1.807, 2.05) is 32.9 Å². The zero-order valence-electron chi connectivity index (χ0n) is 19.4. The van der Waals surface area contributed by atoms with Crippen molar-refractivity contribution in [3.05, 3.63) is 57.6 Å². The van der Waals surface area contributed by atoms with Crippen molar-refractivity contribution < 1.29 is 28.7 Å². The molecule has 1 atom stereocenters. The number of ether oxygens (including phenoxy) is 2. The van der Waals surface area contributed by atoms with E-state index in [0.717, 1.165) is 22.0 Å². The van der Waals surface area contributed by atoms with Crippen LogP contribution in [0.25, 0.3) is 0 Å². The quantitative estimate of drug-likeness (QED) is 0.514. The number of benzene rings is 2. The number of amides is 2. The van der Waals surface area contributed by atoms with E-state index in [1.54, 1.807) is 24.3 Å². The van der Waals surface area contributed by atoms with Gasteiger partial charge in [-0.05, 0) is 67.8 Å². The summed E-state index contributed by atoms with van der Waals surface area (Å²) in [5.74, 6) is -2.38. The minimum atomic E-state index is -0.675. The molecule has 1 saturated heterocycles. The summed E-state index contributed by atoms with van der Waals surface area (Å²) < 4.78 is 11.2. The Morgan fingerprint density at radius 3 is 2.47 bits per heavy atom. The highest BCUT2D eigenvalue weighted by Gasteiger charge is 2.36. The second-order valence-electron chi connectivity index (χ2n) is 8.16. The third-order valence-corrected chi connectivity index (χ3v) is 6.29. The van der Waals surface area contributed by atoms with E-state index in [4.69, 9.17) is 9.47 Å². The van der Waals surface area contributed by atoms with Crippen molar-refractivity contribution in [2.75, 3.05) is 30.0 Å². The predicted molar refractivity (Wildman–Crippen MR) is 131 cm³/mol. The molecular weight excluding hydrogens is 504 g/mol. The van der Waals surface area contributed by atoms with E-state index >= 15 is 0 Å². The lowest BCUT2D eigenvalue weighted by molar-refractivity contribution is -0.151. The van der Waals surface area contributed by atoms with E-state index in [2.05, 4.69) is 21.2 Å². The van der Waals surface area contributed by atoms with Crippen LogP contribution in [0.15, 0.2) is 40.9 Å². The van der Waals surface area contributed by atoms with Crippen LogP contribution in [0.5, 0.6) is 0 Å². The number of halogens is 1. The number of rotatable bonds is 8. The first-order valence-electron chi connectivity index (χ1n) is 11.0. The van der Waals surface area contributed by atoms with Gasteiger partial charge in [-0.2, -0.15) is 0 Å². The zero-order valence-corrected chi connectivity index (χ0v) is 20.9. The van der Waals surface area contributed by atoms with Crippen LogP contribution in [0.2, 0.25) is 0 Å². The van der Waals surface area contributed by atoms with E-state index in [-0.39, 0.29) is 18.9 Å². The summed E-state index contributed by atoms with van der Waals surface area (Å²) in [5, 5.41) is 2.74. The summed E-state index contributed by atoms with van der Waals surface area (Å²) in [4.78, 5) is 50.6. The minimum Gasteiger partial charge on any atom is -0.462 e. The molecule has 0 aliphatic carbocycles. The second-order valence-corrected chi connectivity index (χ2v) is 9.01. The van der Waals surface area contributed by atoms with E-state index in [1.165, 1.54) is 4.90 Å². The molecule has 1 N–H and O–H groups in total. The van der Waals surface area contributed by atoms with Gasteiger partial charge in [0.15, 0.2) is 6.61 Å². The molecule has 0 bridgehead atoms. The van der Waals surface area contributed by atoms with Crippen LogP contribution in [-0.4, -0.2) is 43.5 Å². The van der Waals surface area contributed by atoms with Crippen LogP contribution >= 0.6 is 15.9 Å². The summed E-state index contributed by atoms with van der Waals surface area (Å²) in [6, 6.07) is 10.2. The molecule has 1 aliphatic heterocycles. The molecule has 8 nitrogen and oxygen atoms in total. The maximum Gasteiger partial charge on any atom is 0.338 e. The Hall–Kier alpha value is -3.20. The molecule has 0 radical (unpaired) electrons. The number of nitrogens with zero attached hydrogens (tertiary/aromatic N) is 1. The van der Waals surface area contributed by atoms with Gasteiger partial charge in [0.25, 0.3) is 5.91 Å². The van der Waals surface area contributed by atoms with Crippen LogP contribution in [0, 0.1) is 19.8 Å².